The summed E-state index contributed by atoms with van der Waals surface area (Å²) in [5, 5.41) is 2.22. The van der Waals surface area contributed by atoms with Gasteiger partial charge in [-0.15, -0.1) is 0 Å². The molecular formula is C21H31F7N2O3Si. The van der Waals surface area contributed by atoms with Gasteiger partial charge in [0.25, 0.3) is 0 Å². The molecule has 0 spiro atoms. The Morgan fingerprint density at radius 3 is 1.74 bits per heavy atom. The molecule has 0 radical (unpaired) electrons. The highest BCUT2D eigenvalue weighted by molar-refractivity contribution is 6.60. The Morgan fingerprint density at radius 1 is 0.824 bits per heavy atom. The smallest absolute Gasteiger partial charge is 0.380 e. The Bertz CT molecular complexity index is 777. The molecule has 0 fully saturated rings. The summed E-state index contributed by atoms with van der Waals surface area (Å²) in [4.78, 5) is 3.16. The van der Waals surface area contributed by atoms with Crippen LogP contribution in [0.2, 0.25) is 6.04 Å². The Hall–Kier alpha value is -1.70. The number of hydrogen-bond donors (Lipinski definition) is 1. The second-order valence-corrected chi connectivity index (χ2v) is 9.83. The third kappa shape index (κ3) is 7.92. The molecule has 1 aromatic carbocycles. The fourth-order valence-corrected chi connectivity index (χ4v) is 5.79. The van der Waals surface area contributed by atoms with Crippen LogP contribution in [0, 0.1) is 23.3 Å². The number of halogens is 7. The first kappa shape index (κ1) is 30.3. The van der Waals surface area contributed by atoms with Crippen LogP contribution >= 0.6 is 0 Å². The van der Waals surface area contributed by atoms with E-state index >= 15 is 0 Å². The quantitative estimate of drug-likeness (QED) is 0.0978. The summed E-state index contributed by atoms with van der Waals surface area (Å²) in [6.07, 6.45) is -4.47. The molecule has 0 saturated carbocycles. The lowest BCUT2D eigenvalue weighted by atomic mass is 10.1. The van der Waals surface area contributed by atoms with Gasteiger partial charge in [-0.05, 0) is 33.6 Å². The molecule has 34 heavy (non-hydrogen) atoms. The molecule has 1 rings (SSSR count). The zero-order valence-corrected chi connectivity index (χ0v) is 20.7. The van der Waals surface area contributed by atoms with Crippen molar-refractivity contribution < 1.29 is 44.0 Å². The molecule has 5 nitrogen and oxygen atoms in total. The third-order valence-electron chi connectivity index (χ3n) is 4.60. The molecule has 0 aliphatic carbocycles. The largest absolute Gasteiger partial charge is 0.500 e. The van der Waals surface area contributed by atoms with Gasteiger partial charge in [0.2, 0.25) is 0 Å². The molecule has 0 aliphatic rings. The molecular weight excluding hydrogens is 489 g/mol. The van der Waals surface area contributed by atoms with E-state index in [4.69, 9.17) is 13.3 Å². The van der Waals surface area contributed by atoms with Crippen molar-refractivity contribution in [3.8, 4) is 0 Å². The molecule has 13 heteroatoms. The van der Waals surface area contributed by atoms with E-state index in [0.717, 1.165) is 0 Å². The predicted octanol–water partition coefficient (Wildman–Crippen LogP) is 6.24. The van der Waals surface area contributed by atoms with Crippen LogP contribution in [0.3, 0.4) is 0 Å². The molecule has 0 unspecified atom stereocenters. The third-order valence-corrected chi connectivity index (χ3v) is 7.76. The Balaban J connectivity index is 3.17. The Kier molecular flexibility index (Phi) is 12.5. The van der Waals surface area contributed by atoms with Gasteiger partial charge in [-0.3, -0.25) is 4.99 Å². The molecule has 0 heterocycles. The number of anilines is 1. The van der Waals surface area contributed by atoms with Gasteiger partial charge in [-0.1, -0.05) is 13.3 Å². The van der Waals surface area contributed by atoms with Crippen molar-refractivity contribution in [1.82, 2.24) is 0 Å². The van der Waals surface area contributed by atoms with Crippen molar-refractivity contribution in [3.63, 3.8) is 0 Å². The lowest BCUT2D eigenvalue weighted by molar-refractivity contribution is -0.0586. The van der Waals surface area contributed by atoms with Gasteiger partial charge >= 0.3 is 15.0 Å². The van der Waals surface area contributed by atoms with Crippen LogP contribution < -0.4 is 5.32 Å². The van der Waals surface area contributed by atoms with Crippen molar-refractivity contribution in [2.75, 3.05) is 38.2 Å². The highest BCUT2D eigenvalue weighted by Gasteiger charge is 2.43. The number of hydrogen-bond acceptors (Lipinski definition) is 5. The second-order valence-electron chi connectivity index (χ2n) is 7.10. The number of rotatable bonds is 15. The first-order valence-electron chi connectivity index (χ1n) is 11.1. The number of aliphatic imine (C=N–C) groups is 1. The summed E-state index contributed by atoms with van der Waals surface area (Å²) in [7, 11) is -3.06. The predicted molar refractivity (Wildman–Crippen MR) is 117 cm³/mol. The molecule has 1 N–H and O–H groups in total. The van der Waals surface area contributed by atoms with Crippen LogP contribution in [0.15, 0.2) is 4.99 Å². The number of alkyl halides is 3. The SMILES string of the molecule is CCCCN=C(c1c(F)c(F)c(NCCC[Si](OCC)(OCC)OCC)c(F)c1F)C(F)(F)F. The minimum Gasteiger partial charge on any atom is -0.380 e. The molecule has 1 aromatic rings. The summed E-state index contributed by atoms with van der Waals surface area (Å²) in [6.45, 7) is 7.26. The number of nitrogens with zero attached hydrogens (tertiary/aromatic N) is 1. The zero-order valence-electron chi connectivity index (χ0n) is 19.7. The number of unbranched alkanes of at least 4 members (excludes halogenated alkanes) is 1. The summed E-state index contributed by atoms with van der Waals surface area (Å²) in [5.41, 5.74) is -5.08. The summed E-state index contributed by atoms with van der Waals surface area (Å²) in [6, 6.07) is 0.240. The summed E-state index contributed by atoms with van der Waals surface area (Å²) >= 11 is 0. The zero-order chi connectivity index (χ0) is 25.9. The van der Waals surface area contributed by atoms with Gasteiger partial charge in [0, 0.05) is 39.0 Å². The fraction of sp³-hybridized carbons (Fsp3) is 0.667. The molecule has 196 valence electrons. The van der Waals surface area contributed by atoms with Crippen molar-refractivity contribution >= 4 is 20.2 Å². The number of benzene rings is 1. The van der Waals surface area contributed by atoms with E-state index in [1.54, 1.807) is 27.7 Å². The van der Waals surface area contributed by atoms with Crippen LogP contribution in [0.5, 0.6) is 0 Å². The average molecular weight is 521 g/mol. The molecule has 0 saturated heterocycles. The van der Waals surface area contributed by atoms with E-state index in [0.29, 0.717) is 26.2 Å². The molecule has 0 amide bonds. The molecule has 0 aromatic heterocycles. The van der Waals surface area contributed by atoms with E-state index in [9.17, 15) is 30.7 Å². The fourth-order valence-electron chi connectivity index (χ4n) is 3.17. The highest BCUT2D eigenvalue weighted by Crippen LogP contribution is 2.33. The van der Waals surface area contributed by atoms with Gasteiger partial charge < -0.3 is 18.6 Å². The second kappa shape index (κ2) is 14.0. The topological polar surface area (TPSA) is 52.1 Å². The average Bonchev–Trinajstić information content (AvgIpc) is 2.76. The maximum atomic E-state index is 14.5. The summed E-state index contributed by atoms with van der Waals surface area (Å²) < 4.78 is 115. The van der Waals surface area contributed by atoms with E-state index < -0.39 is 61.8 Å². The summed E-state index contributed by atoms with van der Waals surface area (Å²) in [5.74, 6) is -8.28. The van der Waals surface area contributed by atoms with Gasteiger partial charge in [-0.2, -0.15) is 13.2 Å². The minimum atomic E-state index is -5.31. The van der Waals surface area contributed by atoms with E-state index in [1.165, 1.54) is 0 Å². The van der Waals surface area contributed by atoms with Gasteiger partial charge in [0.05, 0.1) is 5.56 Å². The highest BCUT2D eigenvalue weighted by atomic mass is 28.4. The molecule has 0 aliphatic heterocycles. The monoisotopic (exact) mass is 520 g/mol. The lowest BCUT2D eigenvalue weighted by Gasteiger charge is -2.28. The van der Waals surface area contributed by atoms with Crippen LogP contribution in [-0.2, 0) is 13.3 Å². The molecule has 0 bridgehead atoms. The van der Waals surface area contributed by atoms with Crippen LogP contribution in [0.4, 0.5) is 36.4 Å². The maximum Gasteiger partial charge on any atom is 0.500 e. The van der Waals surface area contributed by atoms with Crippen molar-refractivity contribution in [2.45, 2.75) is 59.2 Å². The van der Waals surface area contributed by atoms with Gasteiger partial charge in [-0.25, -0.2) is 17.6 Å². The molecule has 0 atom stereocenters. The van der Waals surface area contributed by atoms with Crippen LogP contribution in [0.25, 0.3) is 0 Å². The van der Waals surface area contributed by atoms with E-state index in [2.05, 4.69) is 10.3 Å². The van der Waals surface area contributed by atoms with Crippen LogP contribution in [0.1, 0.15) is 52.5 Å². The van der Waals surface area contributed by atoms with Crippen molar-refractivity contribution in [3.05, 3.63) is 28.8 Å². The van der Waals surface area contributed by atoms with E-state index in [1.807, 2.05) is 0 Å². The number of nitrogens with one attached hydrogen (secondary N) is 1. The Labute approximate surface area is 196 Å². The first-order chi connectivity index (χ1) is 16.0. The van der Waals surface area contributed by atoms with Crippen molar-refractivity contribution in [1.29, 1.82) is 0 Å². The lowest BCUT2D eigenvalue weighted by Crippen LogP contribution is -2.46. The minimum absolute atomic E-state index is 0.176. The Morgan fingerprint density at radius 2 is 1.32 bits per heavy atom. The van der Waals surface area contributed by atoms with Crippen LogP contribution in [-0.4, -0.2) is 53.6 Å². The standard InChI is InChI=1S/C21H31F7N2O3Si/c1-5-9-11-30-20(21(26,27)28)14-15(22)17(24)19(18(25)16(14)23)29-12-10-13-34(31-6-2,32-7-3)33-8-4/h29H,5-13H2,1-4H3. The van der Waals surface area contributed by atoms with E-state index in [-0.39, 0.29) is 25.4 Å². The first-order valence-corrected chi connectivity index (χ1v) is 13.1. The van der Waals surface area contributed by atoms with Gasteiger partial charge in [0.1, 0.15) is 5.69 Å². The normalized spacial score (nSPS) is 13.0. The van der Waals surface area contributed by atoms with Crippen molar-refractivity contribution in [2.24, 2.45) is 4.99 Å². The maximum absolute atomic E-state index is 14.5. The van der Waals surface area contributed by atoms with Gasteiger partial charge in [0.15, 0.2) is 29.0 Å².